The quantitative estimate of drug-likeness (QED) is 0.713. The van der Waals surface area contributed by atoms with E-state index >= 15 is 0 Å². The summed E-state index contributed by atoms with van der Waals surface area (Å²) in [6.45, 7) is 0.856. The van der Waals surface area contributed by atoms with Gasteiger partial charge in [-0.3, -0.25) is 0 Å². The van der Waals surface area contributed by atoms with Crippen LogP contribution in [0, 0.1) is 5.92 Å². The molecule has 2 heteroatoms. The number of rotatable bonds is 2. The topological polar surface area (TPSA) is 29.5 Å². The Hall–Kier alpha value is -0.0800. The molecule has 2 atom stereocenters. The van der Waals surface area contributed by atoms with Crippen molar-refractivity contribution in [3.63, 3.8) is 0 Å². The Morgan fingerprint density at radius 3 is 2.13 bits per heavy atom. The molecule has 88 valence electrons. The van der Waals surface area contributed by atoms with Crippen LogP contribution in [-0.4, -0.2) is 23.9 Å². The van der Waals surface area contributed by atoms with Crippen LogP contribution in [0.5, 0.6) is 0 Å². The Bertz CT molecular complexity index is 167. The molecule has 2 fully saturated rings. The number of aliphatic hydroxyl groups is 1. The average molecular weight is 212 g/mol. The van der Waals surface area contributed by atoms with E-state index in [1.165, 1.54) is 51.4 Å². The van der Waals surface area contributed by atoms with Gasteiger partial charge in [0.2, 0.25) is 0 Å². The molecule has 0 aromatic heterocycles. The first-order chi connectivity index (χ1) is 7.38. The molecule has 2 nitrogen and oxygen atoms in total. The predicted molar refractivity (Wildman–Crippen MR) is 60.8 cm³/mol. The highest BCUT2D eigenvalue weighted by molar-refractivity contribution is 4.80. The van der Waals surface area contributed by atoms with Crippen molar-refractivity contribution < 1.29 is 9.84 Å². The van der Waals surface area contributed by atoms with Crippen LogP contribution in [0.25, 0.3) is 0 Å². The minimum absolute atomic E-state index is 0.141. The lowest BCUT2D eigenvalue weighted by molar-refractivity contribution is -0.0852. The van der Waals surface area contributed by atoms with Gasteiger partial charge in [-0.15, -0.1) is 0 Å². The maximum atomic E-state index is 10.3. The van der Waals surface area contributed by atoms with Crippen molar-refractivity contribution in [2.45, 2.75) is 70.0 Å². The van der Waals surface area contributed by atoms with Gasteiger partial charge < -0.3 is 9.84 Å². The summed E-state index contributed by atoms with van der Waals surface area (Å²) in [4.78, 5) is 0. The molecule has 1 aliphatic carbocycles. The summed E-state index contributed by atoms with van der Waals surface area (Å²) in [5.41, 5.74) is 0. The van der Waals surface area contributed by atoms with E-state index in [1.54, 1.807) is 0 Å². The number of hydrogen-bond acceptors (Lipinski definition) is 2. The van der Waals surface area contributed by atoms with Crippen molar-refractivity contribution in [3.05, 3.63) is 0 Å². The van der Waals surface area contributed by atoms with Crippen molar-refractivity contribution >= 4 is 0 Å². The van der Waals surface area contributed by atoms with E-state index in [0.29, 0.717) is 5.92 Å². The zero-order valence-corrected chi connectivity index (χ0v) is 9.66. The molecule has 0 aromatic rings. The summed E-state index contributed by atoms with van der Waals surface area (Å²) in [7, 11) is 0. The molecule has 1 aliphatic heterocycles. The highest BCUT2D eigenvalue weighted by Gasteiger charge is 2.29. The van der Waals surface area contributed by atoms with Crippen molar-refractivity contribution in [3.8, 4) is 0 Å². The molecule has 2 rings (SSSR count). The lowest BCUT2D eigenvalue weighted by Crippen LogP contribution is -2.37. The second kappa shape index (κ2) is 5.86. The summed E-state index contributed by atoms with van der Waals surface area (Å²) in [5, 5.41) is 10.3. The minimum atomic E-state index is -0.191. The molecule has 1 saturated carbocycles. The highest BCUT2D eigenvalue weighted by Crippen LogP contribution is 2.30. The third-order valence-corrected chi connectivity index (χ3v) is 3.98. The summed E-state index contributed by atoms with van der Waals surface area (Å²) in [6, 6.07) is 0. The predicted octanol–water partition coefficient (Wildman–Crippen LogP) is 2.89. The van der Waals surface area contributed by atoms with Crippen LogP contribution in [0.2, 0.25) is 0 Å². The molecule has 2 aliphatic rings. The van der Waals surface area contributed by atoms with Gasteiger partial charge in [-0.2, -0.15) is 0 Å². The molecule has 0 aromatic carbocycles. The van der Waals surface area contributed by atoms with E-state index < -0.39 is 0 Å². The molecule has 1 saturated heterocycles. The van der Waals surface area contributed by atoms with Crippen LogP contribution in [-0.2, 0) is 4.74 Å². The maximum Gasteiger partial charge on any atom is 0.0836 e. The summed E-state index contributed by atoms with van der Waals surface area (Å²) >= 11 is 0. The summed E-state index contributed by atoms with van der Waals surface area (Å²) in [5.74, 6) is 0.510. The van der Waals surface area contributed by atoms with Crippen LogP contribution in [0.15, 0.2) is 0 Å². The van der Waals surface area contributed by atoms with E-state index in [9.17, 15) is 5.11 Å². The Morgan fingerprint density at radius 1 is 0.867 bits per heavy atom. The molecule has 2 unspecified atom stereocenters. The SMILES string of the molecule is OC(C1CCCCCC1)C1CCCCO1. The lowest BCUT2D eigenvalue weighted by atomic mass is 9.88. The molecule has 0 amide bonds. The normalized spacial score (nSPS) is 32.2. The molecule has 0 radical (unpaired) electrons. The van der Waals surface area contributed by atoms with Crippen LogP contribution < -0.4 is 0 Å². The molecular weight excluding hydrogens is 188 g/mol. The van der Waals surface area contributed by atoms with Crippen molar-refractivity contribution in [1.82, 2.24) is 0 Å². The fourth-order valence-electron chi connectivity index (χ4n) is 2.99. The first kappa shape index (κ1) is 11.4. The van der Waals surface area contributed by atoms with Crippen LogP contribution in [0.3, 0.4) is 0 Å². The average Bonchev–Trinajstić information content (AvgIpc) is 2.58. The van der Waals surface area contributed by atoms with E-state index in [0.717, 1.165) is 13.0 Å². The van der Waals surface area contributed by atoms with Crippen molar-refractivity contribution in [1.29, 1.82) is 0 Å². The standard InChI is InChI=1S/C13H24O2/c14-13(12-9-5-6-10-15-12)11-7-3-1-2-4-8-11/h11-14H,1-10H2. The van der Waals surface area contributed by atoms with Gasteiger partial charge in [-0.1, -0.05) is 25.7 Å². The van der Waals surface area contributed by atoms with Gasteiger partial charge in [0.15, 0.2) is 0 Å². The molecule has 0 bridgehead atoms. The lowest BCUT2D eigenvalue weighted by Gasteiger charge is -2.32. The van der Waals surface area contributed by atoms with E-state index in [1.807, 2.05) is 0 Å². The molecule has 15 heavy (non-hydrogen) atoms. The third-order valence-electron chi connectivity index (χ3n) is 3.98. The Balaban J connectivity index is 1.83. The minimum Gasteiger partial charge on any atom is -0.390 e. The molecular formula is C13H24O2. The van der Waals surface area contributed by atoms with Crippen LogP contribution >= 0.6 is 0 Å². The van der Waals surface area contributed by atoms with Gasteiger partial charge in [-0.25, -0.2) is 0 Å². The van der Waals surface area contributed by atoms with E-state index in [4.69, 9.17) is 4.74 Å². The first-order valence-corrected chi connectivity index (χ1v) is 6.67. The third kappa shape index (κ3) is 3.18. The molecule has 1 heterocycles. The zero-order valence-electron chi connectivity index (χ0n) is 9.66. The smallest absolute Gasteiger partial charge is 0.0836 e. The largest absolute Gasteiger partial charge is 0.390 e. The second-order valence-electron chi connectivity index (χ2n) is 5.15. The van der Waals surface area contributed by atoms with Crippen LogP contribution in [0.1, 0.15) is 57.8 Å². The van der Waals surface area contributed by atoms with E-state index in [2.05, 4.69) is 0 Å². The molecule has 0 spiro atoms. The summed E-state index contributed by atoms with van der Waals surface area (Å²) in [6.07, 6.45) is 11.2. The van der Waals surface area contributed by atoms with Gasteiger partial charge in [0.05, 0.1) is 12.2 Å². The fraction of sp³-hybridized carbons (Fsp3) is 1.00. The number of ether oxygens (including phenoxy) is 1. The Morgan fingerprint density at radius 2 is 1.53 bits per heavy atom. The van der Waals surface area contributed by atoms with Gasteiger partial charge in [0.1, 0.15) is 0 Å². The van der Waals surface area contributed by atoms with Gasteiger partial charge in [-0.05, 0) is 38.0 Å². The number of hydrogen-bond donors (Lipinski definition) is 1. The van der Waals surface area contributed by atoms with Crippen molar-refractivity contribution in [2.75, 3.05) is 6.61 Å². The number of aliphatic hydroxyl groups excluding tert-OH is 1. The Labute approximate surface area is 93.0 Å². The zero-order chi connectivity index (χ0) is 10.5. The van der Waals surface area contributed by atoms with Gasteiger partial charge in [0.25, 0.3) is 0 Å². The first-order valence-electron chi connectivity index (χ1n) is 6.67. The monoisotopic (exact) mass is 212 g/mol. The van der Waals surface area contributed by atoms with E-state index in [-0.39, 0.29) is 12.2 Å². The maximum absolute atomic E-state index is 10.3. The summed E-state index contributed by atoms with van der Waals surface area (Å²) < 4.78 is 5.68. The van der Waals surface area contributed by atoms with Gasteiger partial charge >= 0.3 is 0 Å². The van der Waals surface area contributed by atoms with Crippen molar-refractivity contribution in [2.24, 2.45) is 5.92 Å². The second-order valence-corrected chi connectivity index (χ2v) is 5.15. The fourth-order valence-corrected chi connectivity index (χ4v) is 2.99. The Kier molecular flexibility index (Phi) is 4.45. The van der Waals surface area contributed by atoms with Gasteiger partial charge in [0, 0.05) is 6.61 Å². The van der Waals surface area contributed by atoms with Crippen LogP contribution in [0.4, 0.5) is 0 Å². The highest BCUT2D eigenvalue weighted by atomic mass is 16.5. The molecule has 1 N–H and O–H groups in total.